The summed E-state index contributed by atoms with van der Waals surface area (Å²) in [4.78, 5) is 12.0. The average Bonchev–Trinajstić information content (AvgIpc) is 2.54. The third-order valence-electron chi connectivity index (χ3n) is 4.33. The van der Waals surface area contributed by atoms with E-state index in [4.69, 9.17) is 5.26 Å². The molecule has 4 nitrogen and oxygen atoms in total. The fraction of sp³-hybridized carbons (Fsp3) is 0.529. The van der Waals surface area contributed by atoms with E-state index in [2.05, 4.69) is 23.6 Å². The molecule has 112 valence electrons. The lowest BCUT2D eigenvalue weighted by molar-refractivity contribution is -0.126. The number of rotatable bonds is 4. The maximum absolute atomic E-state index is 12.0. The number of carbonyl (C=O) groups is 1. The van der Waals surface area contributed by atoms with Crippen LogP contribution in [0.15, 0.2) is 24.3 Å². The van der Waals surface area contributed by atoms with Crippen molar-refractivity contribution in [2.75, 3.05) is 7.05 Å². The van der Waals surface area contributed by atoms with Crippen LogP contribution in [0.1, 0.15) is 49.8 Å². The molecule has 2 N–H and O–H groups in total. The molecule has 1 aliphatic carbocycles. The van der Waals surface area contributed by atoms with Gasteiger partial charge in [-0.1, -0.05) is 25.0 Å². The Balaban J connectivity index is 2.07. The van der Waals surface area contributed by atoms with Crippen molar-refractivity contribution in [3.63, 3.8) is 0 Å². The number of hydrogen-bond acceptors (Lipinski definition) is 3. The second kappa shape index (κ2) is 7.24. The normalized spacial score (nSPS) is 23.1. The number of nitriles is 1. The quantitative estimate of drug-likeness (QED) is 0.893. The van der Waals surface area contributed by atoms with Gasteiger partial charge in [0.2, 0.25) is 5.91 Å². The first-order chi connectivity index (χ1) is 10.2. The SMILES string of the molecule is CNC(=O)[C@@H]1CCCC[C@@H]1N[C@H](C)c1cccc(C#N)c1. The Kier molecular flexibility index (Phi) is 5.35. The Bertz CT molecular complexity index is 535. The minimum atomic E-state index is 0.0466. The summed E-state index contributed by atoms with van der Waals surface area (Å²) in [6, 6.07) is 10.2. The monoisotopic (exact) mass is 285 g/mol. The lowest BCUT2D eigenvalue weighted by Crippen LogP contribution is -2.46. The number of carbonyl (C=O) groups excluding carboxylic acids is 1. The van der Waals surface area contributed by atoms with Crippen LogP contribution in [0.3, 0.4) is 0 Å². The number of nitrogens with zero attached hydrogens (tertiary/aromatic N) is 1. The molecule has 4 heteroatoms. The fourth-order valence-corrected chi connectivity index (χ4v) is 3.12. The first-order valence-corrected chi connectivity index (χ1v) is 7.63. The molecule has 0 aliphatic heterocycles. The molecule has 1 saturated carbocycles. The van der Waals surface area contributed by atoms with E-state index in [0.717, 1.165) is 31.2 Å². The molecule has 1 amide bonds. The van der Waals surface area contributed by atoms with Gasteiger partial charge in [-0.2, -0.15) is 5.26 Å². The summed E-state index contributed by atoms with van der Waals surface area (Å²) in [6.45, 7) is 2.09. The molecule has 0 spiro atoms. The number of hydrogen-bond donors (Lipinski definition) is 2. The summed E-state index contributed by atoms with van der Waals surface area (Å²) in [5.41, 5.74) is 1.77. The Morgan fingerprint density at radius 2 is 2.14 bits per heavy atom. The summed E-state index contributed by atoms with van der Waals surface area (Å²) in [7, 11) is 1.70. The van der Waals surface area contributed by atoms with Crippen molar-refractivity contribution in [2.24, 2.45) is 5.92 Å². The van der Waals surface area contributed by atoms with Crippen LogP contribution < -0.4 is 10.6 Å². The maximum Gasteiger partial charge on any atom is 0.224 e. The summed E-state index contributed by atoms with van der Waals surface area (Å²) < 4.78 is 0. The second-order valence-electron chi connectivity index (χ2n) is 5.74. The number of benzene rings is 1. The maximum atomic E-state index is 12.0. The smallest absolute Gasteiger partial charge is 0.224 e. The van der Waals surface area contributed by atoms with Crippen LogP contribution in [0.5, 0.6) is 0 Å². The molecule has 0 unspecified atom stereocenters. The van der Waals surface area contributed by atoms with Crippen LogP contribution in [0.4, 0.5) is 0 Å². The summed E-state index contributed by atoms with van der Waals surface area (Å²) >= 11 is 0. The van der Waals surface area contributed by atoms with Gasteiger partial charge in [0.05, 0.1) is 17.6 Å². The Hall–Kier alpha value is -1.86. The van der Waals surface area contributed by atoms with Gasteiger partial charge in [0.25, 0.3) is 0 Å². The van der Waals surface area contributed by atoms with Gasteiger partial charge in [0.15, 0.2) is 0 Å². The van der Waals surface area contributed by atoms with Crippen LogP contribution in [0, 0.1) is 17.2 Å². The van der Waals surface area contributed by atoms with Crippen LogP contribution in [-0.2, 0) is 4.79 Å². The Morgan fingerprint density at radius 3 is 2.86 bits per heavy atom. The molecule has 0 radical (unpaired) electrons. The predicted octanol–water partition coefficient (Wildman–Crippen LogP) is 2.51. The minimum Gasteiger partial charge on any atom is -0.359 e. The summed E-state index contributed by atoms with van der Waals surface area (Å²) in [6.07, 6.45) is 4.26. The van der Waals surface area contributed by atoms with Gasteiger partial charge in [-0.15, -0.1) is 0 Å². The van der Waals surface area contributed by atoms with Crippen molar-refractivity contribution >= 4 is 5.91 Å². The lowest BCUT2D eigenvalue weighted by atomic mass is 9.83. The lowest BCUT2D eigenvalue weighted by Gasteiger charge is -2.33. The molecule has 3 atom stereocenters. The van der Waals surface area contributed by atoms with Gasteiger partial charge < -0.3 is 10.6 Å². The highest BCUT2D eigenvalue weighted by Crippen LogP contribution is 2.27. The fourth-order valence-electron chi connectivity index (χ4n) is 3.12. The zero-order chi connectivity index (χ0) is 15.2. The molecule has 0 heterocycles. The molecule has 1 fully saturated rings. The minimum absolute atomic E-state index is 0.0466. The number of amides is 1. The first-order valence-electron chi connectivity index (χ1n) is 7.63. The van der Waals surface area contributed by atoms with Gasteiger partial charge in [-0.3, -0.25) is 4.79 Å². The van der Waals surface area contributed by atoms with E-state index in [0.29, 0.717) is 5.56 Å². The highest BCUT2D eigenvalue weighted by Gasteiger charge is 2.31. The zero-order valence-corrected chi connectivity index (χ0v) is 12.7. The van der Waals surface area contributed by atoms with E-state index >= 15 is 0 Å². The van der Waals surface area contributed by atoms with E-state index < -0.39 is 0 Å². The summed E-state index contributed by atoms with van der Waals surface area (Å²) in [5, 5.41) is 15.3. The van der Waals surface area contributed by atoms with E-state index in [9.17, 15) is 4.79 Å². The highest BCUT2D eigenvalue weighted by molar-refractivity contribution is 5.79. The molecule has 1 aliphatic rings. The van der Waals surface area contributed by atoms with Crippen LogP contribution in [-0.4, -0.2) is 19.0 Å². The standard InChI is InChI=1S/C17H23N3O/c1-12(14-7-5-6-13(10-14)11-18)20-16-9-4-3-8-15(16)17(21)19-2/h5-7,10,12,15-16,20H,3-4,8-9H2,1-2H3,(H,19,21)/t12-,15-,16+/m1/s1. The molecule has 21 heavy (non-hydrogen) atoms. The van der Waals surface area contributed by atoms with Gasteiger partial charge in [-0.05, 0) is 37.5 Å². The molecule has 0 aromatic heterocycles. The van der Waals surface area contributed by atoms with Crippen LogP contribution in [0.2, 0.25) is 0 Å². The number of nitrogens with one attached hydrogen (secondary N) is 2. The second-order valence-corrected chi connectivity index (χ2v) is 5.74. The largest absolute Gasteiger partial charge is 0.359 e. The van der Waals surface area contributed by atoms with E-state index in [1.165, 1.54) is 0 Å². The molecule has 1 aromatic rings. The van der Waals surface area contributed by atoms with E-state index in [1.807, 2.05) is 24.3 Å². The van der Waals surface area contributed by atoms with Crippen LogP contribution in [0.25, 0.3) is 0 Å². The molecule has 0 saturated heterocycles. The summed E-state index contributed by atoms with van der Waals surface area (Å²) in [5.74, 6) is 0.176. The van der Waals surface area contributed by atoms with Gasteiger partial charge in [0, 0.05) is 19.1 Å². The Morgan fingerprint density at radius 1 is 1.38 bits per heavy atom. The molecule has 0 bridgehead atoms. The van der Waals surface area contributed by atoms with Gasteiger partial charge >= 0.3 is 0 Å². The van der Waals surface area contributed by atoms with Crippen molar-refractivity contribution < 1.29 is 4.79 Å². The molecule has 1 aromatic carbocycles. The van der Waals surface area contributed by atoms with E-state index in [-0.39, 0.29) is 23.9 Å². The van der Waals surface area contributed by atoms with Gasteiger partial charge in [0.1, 0.15) is 0 Å². The van der Waals surface area contributed by atoms with E-state index in [1.54, 1.807) is 7.05 Å². The average molecular weight is 285 g/mol. The van der Waals surface area contributed by atoms with Crippen molar-refractivity contribution in [1.29, 1.82) is 5.26 Å². The molecule has 2 rings (SSSR count). The van der Waals surface area contributed by atoms with Crippen molar-refractivity contribution in [3.05, 3.63) is 35.4 Å². The highest BCUT2D eigenvalue weighted by atomic mass is 16.1. The van der Waals surface area contributed by atoms with Gasteiger partial charge in [-0.25, -0.2) is 0 Å². The first kappa shape index (κ1) is 15.5. The Labute approximate surface area is 126 Å². The topological polar surface area (TPSA) is 64.9 Å². The predicted molar refractivity (Wildman–Crippen MR) is 82.5 cm³/mol. The molecular weight excluding hydrogens is 262 g/mol. The third-order valence-corrected chi connectivity index (χ3v) is 4.33. The van der Waals surface area contributed by atoms with Crippen molar-refractivity contribution in [1.82, 2.24) is 10.6 Å². The van der Waals surface area contributed by atoms with Crippen LogP contribution >= 0.6 is 0 Å². The van der Waals surface area contributed by atoms with Crippen molar-refractivity contribution in [3.8, 4) is 6.07 Å². The third kappa shape index (κ3) is 3.83. The molecular formula is C17H23N3O. The zero-order valence-electron chi connectivity index (χ0n) is 12.7. The van der Waals surface area contributed by atoms with Crippen molar-refractivity contribution in [2.45, 2.75) is 44.7 Å².